The van der Waals surface area contributed by atoms with Gasteiger partial charge in [-0.15, -0.1) is 0 Å². The predicted octanol–water partition coefficient (Wildman–Crippen LogP) is 2.50. The second-order valence-electron chi connectivity index (χ2n) is 5.06. The van der Waals surface area contributed by atoms with Crippen molar-refractivity contribution in [2.45, 2.75) is 12.1 Å². The zero-order valence-electron chi connectivity index (χ0n) is 11.9. The maximum Gasteiger partial charge on any atom is 0.269 e. The fourth-order valence-corrected chi connectivity index (χ4v) is 2.39. The monoisotopic (exact) mass is 298 g/mol. The van der Waals surface area contributed by atoms with Gasteiger partial charge in [-0.25, -0.2) is 0 Å². The van der Waals surface area contributed by atoms with Gasteiger partial charge in [0.2, 0.25) is 0 Å². The van der Waals surface area contributed by atoms with Crippen LogP contribution in [0.3, 0.4) is 0 Å². The van der Waals surface area contributed by atoms with Crippen LogP contribution in [0.2, 0.25) is 0 Å². The van der Waals surface area contributed by atoms with Crippen molar-refractivity contribution in [3.63, 3.8) is 0 Å². The maximum absolute atomic E-state index is 12.4. The Labute approximate surface area is 126 Å². The number of nitrogens with zero attached hydrogens (tertiary/aromatic N) is 1. The number of non-ortho nitro benzene ring substituents is 1. The zero-order chi connectivity index (χ0) is 15.7. The van der Waals surface area contributed by atoms with Crippen LogP contribution in [0.15, 0.2) is 48.5 Å². The first-order valence-corrected chi connectivity index (χ1v) is 6.79. The molecule has 0 spiro atoms. The average Bonchev–Trinajstić information content (AvgIpc) is 3.35. The third kappa shape index (κ3) is 2.68. The minimum Gasteiger partial charge on any atom is -0.497 e. The molecule has 0 bridgehead atoms. The summed E-state index contributed by atoms with van der Waals surface area (Å²) in [6.07, 6.45) is 0. The lowest BCUT2D eigenvalue weighted by atomic mass is 10.0. The number of nitrogens with one attached hydrogen (secondary N) is 1. The van der Waals surface area contributed by atoms with Crippen LogP contribution >= 0.6 is 0 Å². The van der Waals surface area contributed by atoms with E-state index in [9.17, 15) is 14.9 Å². The van der Waals surface area contributed by atoms with Crippen LogP contribution in [0.1, 0.15) is 22.0 Å². The average molecular weight is 298 g/mol. The van der Waals surface area contributed by atoms with E-state index in [-0.39, 0.29) is 23.6 Å². The van der Waals surface area contributed by atoms with Gasteiger partial charge in [0.15, 0.2) is 5.78 Å². The highest BCUT2D eigenvalue weighted by Crippen LogP contribution is 2.33. The Morgan fingerprint density at radius 3 is 2.32 bits per heavy atom. The molecule has 1 N–H and O–H groups in total. The molecular weight excluding hydrogens is 284 g/mol. The molecule has 6 heteroatoms. The van der Waals surface area contributed by atoms with Gasteiger partial charge < -0.3 is 4.74 Å². The van der Waals surface area contributed by atoms with Crippen LogP contribution in [0.5, 0.6) is 5.75 Å². The van der Waals surface area contributed by atoms with Gasteiger partial charge in [0, 0.05) is 17.7 Å². The van der Waals surface area contributed by atoms with E-state index in [4.69, 9.17) is 4.74 Å². The highest BCUT2D eigenvalue weighted by molar-refractivity contribution is 6.02. The molecule has 3 rings (SSSR count). The first-order chi connectivity index (χ1) is 10.6. The van der Waals surface area contributed by atoms with Crippen molar-refractivity contribution in [3.8, 4) is 5.75 Å². The van der Waals surface area contributed by atoms with E-state index in [0.717, 1.165) is 5.56 Å². The van der Waals surface area contributed by atoms with Crippen LogP contribution < -0.4 is 10.1 Å². The molecule has 0 unspecified atom stereocenters. The van der Waals surface area contributed by atoms with Crippen LogP contribution in [-0.4, -0.2) is 23.9 Å². The molecule has 1 aliphatic rings. The van der Waals surface area contributed by atoms with E-state index < -0.39 is 4.92 Å². The lowest BCUT2D eigenvalue weighted by Gasteiger charge is -2.02. The number of hydrogen-bond acceptors (Lipinski definition) is 5. The fraction of sp³-hybridized carbons (Fsp3) is 0.188. The molecule has 112 valence electrons. The molecule has 0 aromatic heterocycles. The summed E-state index contributed by atoms with van der Waals surface area (Å²) < 4.78 is 5.06. The second kappa shape index (κ2) is 5.57. The van der Waals surface area contributed by atoms with Gasteiger partial charge >= 0.3 is 0 Å². The zero-order valence-corrected chi connectivity index (χ0v) is 11.9. The molecule has 0 aliphatic carbocycles. The Kier molecular flexibility index (Phi) is 3.60. The number of benzene rings is 2. The van der Waals surface area contributed by atoms with Crippen molar-refractivity contribution in [2.24, 2.45) is 0 Å². The summed E-state index contributed by atoms with van der Waals surface area (Å²) in [5, 5.41) is 13.7. The summed E-state index contributed by atoms with van der Waals surface area (Å²) in [5.41, 5.74) is 1.53. The van der Waals surface area contributed by atoms with Crippen molar-refractivity contribution in [1.82, 2.24) is 5.32 Å². The van der Waals surface area contributed by atoms with Gasteiger partial charge in [-0.3, -0.25) is 20.2 Å². The fourth-order valence-electron chi connectivity index (χ4n) is 2.39. The number of ketones is 1. The molecule has 0 radical (unpaired) electrons. The number of carbonyl (C=O) groups is 1. The third-order valence-electron chi connectivity index (χ3n) is 3.70. The van der Waals surface area contributed by atoms with E-state index in [1.165, 1.54) is 12.1 Å². The van der Waals surface area contributed by atoms with E-state index in [1.807, 2.05) is 0 Å². The highest BCUT2D eigenvalue weighted by Gasteiger charge is 2.43. The summed E-state index contributed by atoms with van der Waals surface area (Å²) in [6, 6.07) is 12.8. The third-order valence-corrected chi connectivity index (χ3v) is 3.70. The SMILES string of the molecule is COc1ccc(C(=O)[C@H]2N[C@@H]2c2ccc([N+](=O)[O-])cc2)cc1. The van der Waals surface area contributed by atoms with Crippen molar-refractivity contribution < 1.29 is 14.5 Å². The summed E-state index contributed by atoms with van der Waals surface area (Å²) in [4.78, 5) is 22.5. The molecule has 0 amide bonds. The molecule has 2 atom stereocenters. The number of ether oxygens (including phenoxy) is 1. The Balaban J connectivity index is 1.70. The second-order valence-corrected chi connectivity index (χ2v) is 5.06. The number of hydrogen-bond donors (Lipinski definition) is 1. The number of methoxy groups -OCH3 is 1. The van der Waals surface area contributed by atoms with Crippen LogP contribution in [0, 0.1) is 10.1 Å². The van der Waals surface area contributed by atoms with Crippen molar-refractivity contribution in [2.75, 3.05) is 7.11 Å². The Bertz CT molecular complexity index is 710. The summed E-state index contributed by atoms with van der Waals surface area (Å²) >= 11 is 0. The minimum absolute atomic E-state index is 0.00556. The quantitative estimate of drug-likeness (QED) is 0.396. The number of carbonyl (C=O) groups excluding carboxylic acids is 1. The Morgan fingerprint density at radius 2 is 1.77 bits per heavy atom. The van der Waals surface area contributed by atoms with Crippen molar-refractivity contribution in [1.29, 1.82) is 0 Å². The number of nitro groups is 1. The topological polar surface area (TPSA) is 91.4 Å². The van der Waals surface area contributed by atoms with Crippen molar-refractivity contribution in [3.05, 3.63) is 69.8 Å². The van der Waals surface area contributed by atoms with Gasteiger partial charge in [-0.2, -0.15) is 0 Å². The van der Waals surface area contributed by atoms with Gasteiger partial charge in [0.25, 0.3) is 5.69 Å². The molecule has 1 saturated heterocycles. The predicted molar refractivity (Wildman–Crippen MR) is 80.1 cm³/mol. The maximum atomic E-state index is 12.4. The molecule has 1 aliphatic heterocycles. The van der Waals surface area contributed by atoms with Gasteiger partial charge in [-0.05, 0) is 29.8 Å². The van der Waals surface area contributed by atoms with E-state index >= 15 is 0 Å². The van der Waals surface area contributed by atoms with Crippen molar-refractivity contribution >= 4 is 11.5 Å². The highest BCUT2D eigenvalue weighted by atomic mass is 16.6. The normalized spacial score (nSPS) is 19.5. The summed E-state index contributed by atoms with van der Waals surface area (Å²) in [7, 11) is 1.57. The van der Waals surface area contributed by atoms with Crippen LogP contribution in [0.4, 0.5) is 5.69 Å². The summed E-state index contributed by atoms with van der Waals surface area (Å²) in [5.74, 6) is 0.707. The smallest absolute Gasteiger partial charge is 0.269 e. The Morgan fingerprint density at radius 1 is 1.14 bits per heavy atom. The minimum atomic E-state index is -0.440. The molecular formula is C16H14N2O4. The van der Waals surface area contributed by atoms with Gasteiger partial charge in [-0.1, -0.05) is 12.1 Å². The van der Waals surface area contributed by atoms with Crippen LogP contribution in [-0.2, 0) is 0 Å². The van der Waals surface area contributed by atoms with Gasteiger partial charge in [0.1, 0.15) is 5.75 Å². The largest absolute Gasteiger partial charge is 0.497 e. The van der Waals surface area contributed by atoms with Crippen LogP contribution in [0.25, 0.3) is 0 Å². The number of Topliss-reactive ketones (excluding diaryl/α,β-unsaturated/α-hetero) is 1. The Hall–Kier alpha value is -2.73. The van der Waals surface area contributed by atoms with E-state index in [0.29, 0.717) is 11.3 Å². The molecule has 2 aromatic rings. The summed E-state index contributed by atoms with van der Waals surface area (Å²) in [6.45, 7) is 0. The number of rotatable bonds is 5. The molecule has 1 heterocycles. The number of nitro benzene ring substituents is 1. The first-order valence-electron chi connectivity index (χ1n) is 6.79. The molecule has 22 heavy (non-hydrogen) atoms. The molecule has 1 fully saturated rings. The first kappa shape index (κ1) is 14.2. The molecule has 6 nitrogen and oxygen atoms in total. The standard InChI is InChI=1S/C16H14N2O4/c1-22-13-8-4-11(5-9-13)16(19)15-14(17-15)10-2-6-12(7-3-10)18(20)21/h2-9,14-15,17H,1H3/t14-,15+/m1/s1. The van der Waals surface area contributed by atoms with E-state index in [2.05, 4.69) is 5.32 Å². The lowest BCUT2D eigenvalue weighted by molar-refractivity contribution is -0.384. The van der Waals surface area contributed by atoms with E-state index in [1.54, 1.807) is 43.5 Å². The lowest BCUT2D eigenvalue weighted by Crippen LogP contribution is -2.10. The molecule has 0 saturated carbocycles. The van der Waals surface area contributed by atoms with Gasteiger partial charge in [0.05, 0.1) is 24.1 Å². The molecule has 2 aromatic carbocycles.